The molecular weight excluding hydrogens is 390 g/mol. The maximum Gasteiger partial charge on any atom is 0.220 e. The van der Waals surface area contributed by atoms with Crippen LogP contribution in [0.5, 0.6) is 0 Å². The van der Waals surface area contributed by atoms with Gasteiger partial charge in [-0.3, -0.25) is 14.9 Å². The number of H-pyrrole nitrogens is 1. The van der Waals surface area contributed by atoms with E-state index in [9.17, 15) is 4.79 Å². The Morgan fingerprint density at radius 3 is 2.93 bits per heavy atom. The molecule has 0 aliphatic heterocycles. The minimum Gasteiger partial charge on any atom is -0.368 e. The molecule has 0 aliphatic carbocycles. The van der Waals surface area contributed by atoms with Gasteiger partial charge in [0.2, 0.25) is 5.95 Å². The number of hydrogen-bond donors (Lipinski definition) is 2. The van der Waals surface area contributed by atoms with Crippen LogP contribution in [0.25, 0.3) is 10.3 Å². The highest BCUT2D eigenvalue weighted by molar-refractivity contribution is 7.19. The first-order chi connectivity index (χ1) is 14.0. The molecule has 4 aromatic rings. The molecule has 148 valence electrons. The van der Waals surface area contributed by atoms with Gasteiger partial charge < -0.3 is 10.3 Å². The third kappa shape index (κ3) is 3.85. The van der Waals surface area contributed by atoms with Gasteiger partial charge in [0.05, 0.1) is 28.8 Å². The van der Waals surface area contributed by atoms with Gasteiger partial charge in [0.25, 0.3) is 0 Å². The fourth-order valence-corrected chi connectivity index (χ4v) is 4.13. The highest BCUT2D eigenvalue weighted by Gasteiger charge is 2.18. The van der Waals surface area contributed by atoms with Crippen molar-refractivity contribution in [2.24, 2.45) is 12.1 Å². The Hall–Kier alpha value is -3.60. The first-order valence-corrected chi connectivity index (χ1v) is 9.61. The number of anilines is 1. The second kappa shape index (κ2) is 7.80. The Labute approximate surface area is 170 Å². The lowest BCUT2D eigenvalue weighted by atomic mass is 10.3. The number of aromatic amines is 1. The van der Waals surface area contributed by atoms with E-state index in [-0.39, 0.29) is 5.95 Å². The molecule has 0 bridgehead atoms. The highest BCUT2D eigenvalue weighted by Crippen LogP contribution is 2.30. The summed E-state index contributed by atoms with van der Waals surface area (Å²) in [5.41, 5.74) is 9.41. The summed E-state index contributed by atoms with van der Waals surface area (Å²) in [5, 5.41) is 14.0. The van der Waals surface area contributed by atoms with Gasteiger partial charge in [-0.25, -0.2) is 15.0 Å². The zero-order valence-electron chi connectivity index (χ0n) is 15.9. The van der Waals surface area contributed by atoms with Crippen LogP contribution in [0.15, 0.2) is 29.6 Å². The van der Waals surface area contributed by atoms with E-state index in [1.807, 2.05) is 20.2 Å². The summed E-state index contributed by atoms with van der Waals surface area (Å²) in [4.78, 5) is 24.4. The quantitative estimate of drug-likeness (QED) is 0.269. The van der Waals surface area contributed by atoms with E-state index in [1.165, 1.54) is 0 Å². The summed E-state index contributed by atoms with van der Waals surface area (Å²) < 4.78 is 2.72. The van der Waals surface area contributed by atoms with E-state index < -0.39 is 0 Å². The summed E-state index contributed by atoms with van der Waals surface area (Å²) in [6.07, 6.45) is 6.50. The van der Waals surface area contributed by atoms with Gasteiger partial charge in [-0.1, -0.05) is 0 Å². The van der Waals surface area contributed by atoms with Gasteiger partial charge in [0.15, 0.2) is 11.9 Å². The Morgan fingerprint density at radius 2 is 2.21 bits per heavy atom. The number of carbonyl (C=O) groups excluding carboxylic acids is 1. The number of aldehydes is 1. The number of fused-ring (bicyclic) bond motifs is 1. The van der Waals surface area contributed by atoms with Gasteiger partial charge in [-0.05, 0) is 12.1 Å². The Kier molecular flexibility index (Phi) is 5.04. The number of thiazole rings is 1. The number of aryl methyl sites for hydroxylation is 1. The summed E-state index contributed by atoms with van der Waals surface area (Å²) in [6.45, 7) is 0.462. The van der Waals surface area contributed by atoms with Crippen LogP contribution in [0.4, 0.5) is 5.95 Å². The van der Waals surface area contributed by atoms with Gasteiger partial charge >= 0.3 is 0 Å². The molecule has 0 unspecified atom stereocenters. The molecule has 3 N–H and O–H groups in total. The Balaban J connectivity index is 1.61. The minimum atomic E-state index is 0.224. The van der Waals surface area contributed by atoms with Crippen LogP contribution in [0.2, 0.25) is 0 Å². The first kappa shape index (κ1) is 18.7. The number of nitrogens with two attached hydrogens (primary N) is 1. The van der Waals surface area contributed by atoms with Gasteiger partial charge in [0.1, 0.15) is 5.01 Å². The van der Waals surface area contributed by atoms with Crippen LogP contribution in [0, 0.1) is 0 Å². The van der Waals surface area contributed by atoms with Crippen molar-refractivity contribution in [3.63, 3.8) is 0 Å². The second-order valence-corrected chi connectivity index (χ2v) is 7.54. The van der Waals surface area contributed by atoms with E-state index in [1.54, 1.807) is 45.6 Å². The first-order valence-electron chi connectivity index (χ1n) is 8.79. The van der Waals surface area contributed by atoms with Crippen molar-refractivity contribution in [2.45, 2.75) is 13.0 Å². The lowest BCUT2D eigenvalue weighted by Crippen LogP contribution is -2.13. The van der Waals surface area contributed by atoms with E-state index >= 15 is 0 Å². The number of hydrazone groups is 1. The average molecular weight is 409 g/mol. The molecule has 0 saturated carbocycles. The lowest BCUT2D eigenvalue weighted by Gasteiger charge is -2.11. The van der Waals surface area contributed by atoms with Crippen molar-refractivity contribution in [1.82, 2.24) is 34.7 Å². The maximum atomic E-state index is 11.7. The number of rotatable bonds is 7. The van der Waals surface area contributed by atoms with Crippen molar-refractivity contribution < 1.29 is 4.79 Å². The van der Waals surface area contributed by atoms with Crippen LogP contribution in [-0.4, -0.2) is 54.3 Å². The van der Waals surface area contributed by atoms with E-state index in [4.69, 9.17) is 5.73 Å². The predicted octanol–water partition coefficient (Wildman–Crippen LogP) is 1.60. The molecule has 0 radical (unpaired) electrons. The van der Waals surface area contributed by atoms with E-state index in [0.717, 1.165) is 38.6 Å². The molecule has 0 atom stereocenters. The largest absolute Gasteiger partial charge is 0.368 e. The monoisotopic (exact) mass is 409 g/mol. The van der Waals surface area contributed by atoms with Gasteiger partial charge in [0, 0.05) is 44.2 Å². The van der Waals surface area contributed by atoms with Crippen LogP contribution >= 0.6 is 11.3 Å². The van der Waals surface area contributed by atoms with Crippen molar-refractivity contribution in [1.29, 1.82) is 0 Å². The molecule has 4 aromatic heterocycles. The summed E-state index contributed by atoms with van der Waals surface area (Å²) in [6, 6.07) is 3.70. The predicted molar refractivity (Wildman–Crippen MR) is 111 cm³/mol. The number of nitrogens with one attached hydrogen (secondary N) is 1. The molecule has 29 heavy (non-hydrogen) atoms. The van der Waals surface area contributed by atoms with Gasteiger partial charge in [-0.2, -0.15) is 10.2 Å². The molecule has 0 spiro atoms. The normalized spacial score (nSPS) is 11.5. The zero-order valence-corrected chi connectivity index (χ0v) is 16.7. The zero-order chi connectivity index (χ0) is 20.4. The van der Waals surface area contributed by atoms with E-state index in [2.05, 4.69) is 30.3 Å². The molecule has 0 aliphatic rings. The van der Waals surface area contributed by atoms with E-state index in [0.29, 0.717) is 18.7 Å². The van der Waals surface area contributed by atoms with Crippen molar-refractivity contribution in [3.8, 4) is 0 Å². The fourth-order valence-electron chi connectivity index (χ4n) is 2.99. The SMILES string of the molecule is CN(Cc1ccnc(N)n1)/N=C\c1c(C=O)n(C)c2nc(Cc3ccn[nH]3)sc12. The number of nitrogens with zero attached hydrogens (tertiary/aromatic N) is 7. The summed E-state index contributed by atoms with van der Waals surface area (Å²) >= 11 is 1.54. The van der Waals surface area contributed by atoms with Crippen molar-refractivity contribution in [2.75, 3.05) is 12.8 Å². The second-order valence-electron chi connectivity index (χ2n) is 6.46. The molecule has 0 aromatic carbocycles. The van der Waals surface area contributed by atoms with Crippen LogP contribution in [-0.2, 0) is 20.0 Å². The number of hydrogen-bond acceptors (Lipinski definition) is 9. The smallest absolute Gasteiger partial charge is 0.220 e. The Bertz CT molecular complexity index is 1180. The molecular formula is C18H19N9OS. The standard InChI is InChI=1S/C18H19N9OS/c1-26(9-12-3-5-20-18(19)23-12)22-8-13-14(10-28)27(2)17-16(13)29-15(24-17)7-11-4-6-21-25-11/h3-6,8,10H,7,9H2,1-2H3,(H,21,25)(H2,19,20,23)/b22-8-. The molecule has 10 nitrogen and oxygen atoms in total. The topological polar surface area (TPSA) is 131 Å². The van der Waals surface area contributed by atoms with Crippen LogP contribution in [0.1, 0.15) is 32.4 Å². The molecule has 0 amide bonds. The number of carbonyl (C=O) groups is 1. The molecule has 4 rings (SSSR count). The van der Waals surface area contributed by atoms with Crippen molar-refractivity contribution >= 4 is 40.1 Å². The third-order valence-electron chi connectivity index (χ3n) is 4.37. The van der Waals surface area contributed by atoms with Gasteiger partial charge in [-0.15, -0.1) is 11.3 Å². The number of nitrogen functional groups attached to an aromatic ring is 1. The maximum absolute atomic E-state index is 11.7. The fraction of sp³-hybridized carbons (Fsp3) is 0.222. The average Bonchev–Trinajstić information content (AvgIpc) is 3.39. The summed E-state index contributed by atoms with van der Waals surface area (Å²) in [5.74, 6) is 0.224. The minimum absolute atomic E-state index is 0.224. The third-order valence-corrected chi connectivity index (χ3v) is 5.45. The molecule has 0 saturated heterocycles. The van der Waals surface area contributed by atoms with Crippen LogP contribution < -0.4 is 5.73 Å². The molecule has 0 fully saturated rings. The van der Waals surface area contributed by atoms with Crippen LogP contribution in [0.3, 0.4) is 0 Å². The lowest BCUT2D eigenvalue weighted by molar-refractivity contribution is 0.111. The summed E-state index contributed by atoms with van der Waals surface area (Å²) in [7, 11) is 3.66. The molecule has 11 heteroatoms. The Morgan fingerprint density at radius 1 is 1.34 bits per heavy atom. The highest BCUT2D eigenvalue weighted by atomic mass is 32.1. The van der Waals surface area contributed by atoms with Crippen molar-refractivity contribution in [3.05, 3.63) is 52.2 Å². The number of aromatic nitrogens is 6. The molecule has 4 heterocycles.